The van der Waals surface area contributed by atoms with E-state index in [1.54, 1.807) is 0 Å². The van der Waals surface area contributed by atoms with E-state index in [0.717, 1.165) is 25.6 Å². The molecule has 1 fully saturated rings. The van der Waals surface area contributed by atoms with E-state index in [9.17, 15) is 0 Å². The molecule has 1 aromatic rings. The summed E-state index contributed by atoms with van der Waals surface area (Å²) in [6, 6.07) is 10.5. The fraction of sp³-hybridized carbons (Fsp3) is 0.667. The molecule has 20 heavy (non-hydrogen) atoms. The Morgan fingerprint density at radius 3 is 2.80 bits per heavy atom. The molecule has 2 heteroatoms. The van der Waals surface area contributed by atoms with Gasteiger partial charge >= 0.3 is 0 Å². The minimum Gasteiger partial charge on any atom is -0.369 e. The molecule has 0 saturated heterocycles. The molecule has 112 valence electrons. The molecule has 0 aliphatic heterocycles. The summed E-state index contributed by atoms with van der Waals surface area (Å²) in [4.78, 5) is 0. The molecule has 2 nitrogen and oxygen atoms in total. The van der Waals surface area contributed by atoms with Gasteiger partial charge in [-0.3, -0.25) is 0 Å². The molecule has 0 aromatic heterocycles. The highest BCUT2D eigenvalue weighted by Crippen LogP contribution is 2.35. The van der Waals surface area contributed by atoms with Gasteiger partial charge in [-0.25, -0.2) is 0 Å². The molecular formula is C18H29NO. The van der Waals surface area contributed by atoms with Gasteiger partial charge in [-0.05, 0) is 37.3 Å². The van der Waals surface area contributed by atoms with Crippen molar-refractivity contribution < 1.29 is 4.74 Å². The summed E-state index contributed by atoms with van der Waals surface area (Å²) in [5, 5.41) is 3.58. The third-order valence-corrected chi connectivity index (χ3v) is 4.31. The van der Waals surface area contributed by atoms with E-state index in [0.29, 0.717) is 0 Å². The van der Waals surface area contributed by atoms with Gasteiger partial charge in [0, 0.05) is 6.54 Å². The van der Waals surface area contributed by atoms with Gasteiger partial charge in [0.2, 0.25) is 0 Å². The van der Waals surface area contributed by atoms with E-state index in [1.165, 1.54) is 37.7 Å². The van der Waals surface area contributed by atoms with E-state index >= 15 is 0 Å². The van der Waals surface area contributed by atoms with Crippen LogP contribution in [0.2, 0.25) is 0 Å². The van der Waals surface area contributed by atoms with Crippen molar-refractivity contribution in [2.75, 3.05) is 13.1 Å². The molecule has 1 aromatic carbocycles. The normalized spacial score (nSPS) is 26.6. The van der Waals surface area contributed by atoms with Gasteiger partial charge in [0.25, 0.3) is 0 Å². The summed E-state index contributed by atoms with van der Waals surface area (Å²) in [6.07, 6.45) is 6.22. The molecule has 0 bridgehead atoms. The Labute approximate surface area is 123 Å². The van der Waals surface area contributed by atoms with Crippen LogP contribution in [0.1, 0.15) is 51.5 Å². The van der Waals surface area contributed by atoms with E-state index in [2.05, 4.69) is 49.5 Å². The quantitative estimate of drug-likeness (QED) is 0.755. The zero-order valence-electron chi connectivity index (χ0n) is 13.0. The van der Waals surface area contributed by atoms with Crippen LogP contribution in [0.15, 0.2) is 30.3 Å². The Hall–Kier alpha value is -0.860. The largest absolute Gasteiger partial charge is 0.369 e. The number of hydrogen-bond acceptors (Lipinski definition) is 2. The van der Waals surface area contributed by atoms with Crippen molar-refractivity contribution in [1.29, 1.82) is 0 Å². The van der Waals surface area contributed by atoms with Crippen LogP contribution in [0, 0.1) is 5.92 Å². The Morgan fingerprint density at radius 1 is 1.30 bits per heavy atom. The van der Waals surface area contributed by atoms with E-state index < -0.39 is 0 Å². The monoisotopic (exact) mass is 275 g/mol. The summed E-state index contributed by atoms with van der Waals surface area (Å²) in [5.74, 6) is 0.781. The molecular weight excluding hydrogens is 246 g/mol. The Kier molecular flexibility index (Phi) is 6.06. The third kappa shape index (κ3) is 4.60. The summed E-state index contributed by atoms with van der Waals surface area (Å²) in [5.41, 5.74) is 1.32. The number of nitrogens with one attached hydrogen (secondary N) is 1. The highest BCUT2D eigenvalue weighted by molar-refractivity contribution is 5.13. The summed E-state index contributed by atoms with van der Waals surface area (Å²) in [7, 11) is 0. The van der Waals surface area contributed by atoms with Crippen molar-refractivity contribution >= 4 is 0 Å². The lowest BCUT2D eigenvalue weighted by Gasteiger charge is -2.40. The Morgan fingerprint density at radius 2 is 2.10 bits per heavy atom. The number of hydrogen-bond donors (Lipinski definition) is 1. The van der Waals surface area contributed by atoms with Crippen LogP contribution in [0.5, 0.6) is 0 Å². The Bertz CT molecular complexity index is 378. The predicted octanol–water partition coefficient (Wildman–Crippen LogP) is 4.15. The molecule has 0 amide bonds. The average Bonchev–Trinajstić information content (AvgIpc) is 2.47. The minimum absolute atomic E-state index is 0.0443. The van der Waals surface area contributed by atoms with Gasteiger partial charge in [-0.1, -0.05) is 57.0 Å². The lowest BCUT2D eigenvalue weighted by atomic mass is 9.78. The van der Waals surface area contributed by atoms with E-state index in [-0.39, 0.29) is 5.60 Å². The number of rotatable bonds is 7. The topological polar surface area (TPSA) is 21.3 Å². The average molecular weight is 275 g/mol. The minimum atomic E-state index is 0.0443. The maximum Gasteiger partial charge on any atom is 0.0813 e. The van der Waals surface area contributed by atoms with Crippen LogP contribution in [-0.4, -0.2) is 18.7 Å². The SMILES string of the molecule is CCCNCC1(OCc2ccccc2)CCCC(C)C1. The first-order chi connectivity index (χ1) is 9.74. The molecule has 1 aliphatic rings. The second-order valence-electron chi connectivity index (χ2n) is 6.34. The second-order valence-corrected chi connectivity index (χ2v) is 6.34. The highest BCUT2D eigenvalue weighted by Gasteiger charge is 2.35. The first-order valence-electron chi connectivity index (χ1n) is 8.13. The van der Waals surface area contributed by atoms with Crippen LogP contribution >= 0.6 is 0 Å². The molecule has 2 atom stereocenters. The van der Waals surface area contributed by atoms with Gasteiger partial charge in [-0.2, -0.15) is 0 Å². The van der Waals surface area contributed by atoms with Crippen molar-refractivity contribution in [3.8, 4) is 0 Å². The molecule has 2 rings (SSSR count). The molecule has 0 radical (unpaired) electrons. The van der Waals surface area contributed by atoms with Gasteiger partial charge in [-0.15, -0.1) is 0 Å². The lowest BCUT2D eigenvalue weighted by Crippen LogP contribution is -2.46. The zero-order chi connectivity index (χ0) is 14.3. The fourth-order valence-electron chi connectivity index (χ4n) is 3.26. The van der Waals surface area contributed by atoms with Crippen LogP contribution in [0.4, 0.5) is 0 Å². The molecule has 1 aliphatic carbocycles. The first kappa shape index (κ1) is 15.5. The maximum absolute atomic E-state index is 6.41. The van der Waals surface area contributed by atoms with Crippen LogP contribution in [0.3, 0.4) is 0 Å². The van der Waals surface area contributed by atoms with Gasteiger partial charge in [0.15, 0.2) is 0 Å². The standard InChI is InChI=1S/C18H29NO/c1-3-12-19-15-18(11-7-8-16(2)13-18)20-14-17-9-5-4-6-10-17/h4-6,9-10,16,19H,3,7-8,11-15H2,1-2H3. The zero-order valence-corrected chi connectivity index (χ0v) is 13.0. The fourth-order valence-corrected chi connectivity index (χ4v) is 3.26. The summed E-state index contributed by atoms with van der Waals surface area (Å²) in [6.45, 7) is 7.40. The summed E-state index contributed by atoms with van der Waals surface area (Å²) >= 11 is 0. The van der Waals surface area contributed by atoms with Crippen LogP contribution < -0.4 is 5.32 Å². The second kappa shape index (κ2) is 7.80. The van der Waals surface area contributed by atoms with E-state index in [4.69, 9.17) is 4.74 Å². The number of benzene rings is 1. The van der Waals surface area contributed by atoms with Crippen LogP contribution in [-0.2, 0) is 11.3 Å². The van der Waals surface area contributed by atoms with Gasteiger partial charge in [0.05, 0.1) is 12.2 Å². The molecule has 1 saturated carbocycles. The van der Waals surface area contributed by atoms with Crippen molar-refractivity contribution in [2.24, 2.45) is 5.92 Å². The summed E-state index contributed by atoms with van der Waals surface area (Å²) < 4.78 is 6.41. The highest BCUT2D eigenvalue weighted by atomic mass is 16.5. The van der Waals surface area contributed by atoms with Gasteiger partial charge < -0.3 is 10.1 Å². The van der Waals surface area contributed by atoms with Crippen molar-refractivity contribution in [3.63, 3.8) is 0 Å². The smallest absolute Gasteiger partial charge is 0.0813 e. The first-order valence-corrected chi connectivity index (χ1v) is 8.13. The Balaban J connectivity index is 1.94. The third-order valence-electron chi connectivity index (χ3n) is 4.31. The number of ether oxygens (including phenoxy) is 1. The maximum atomic E-state index is 6.41. The van der Waals surface area contributed by atoms with Crippen molar-refractivity contribution in [1.82, 2.24) is 5.32 Å². The van der Waals surface area contributed by atoms with Crippen LogP contribution in [0.25, 0.3) is 0 Å². The predicted molar refractivity (Wildman–Crippen MR) is 84.8 cm³/mol. The molecule has 2 unspecified atom stereocenters. The lowest BCUT2D eigenvalue weighted by molar-refractivity contribution is -0.0888. The molecule has 0 spiro atoms. The van der Waals surface area contributed by atoms with Crippen molar-refractivity contribution in [2.45, 2.75) is 58.2 Å². The molecule has 1 N–H and O–H groups in total. The molecule has 0 heterocycles. The van der Waals surface area contributed by atoms with Gasteiger partial charge in [0.1, 0.15) is 0 Å². The van der Waals surface area contributed by atoms with E-state index in [1.807, 2.05) is 0 Å². The van der Waals surface area contributed by atoms with Crippen molar-refractivity contribution in [3.05, 3.63) is 35.9 Å².